The van der Waals surface area contributed by atoms with E-state index in [0.29, 0.717) is 0 Å². The molecule has 2 aromatic rings. The van der Waals surface area contributed by atoms with Crippen molar-refractivity contribution in [2.45, 2.75) is 6.92 Å². The lowest BCUT2D eigenvalue weighted by Gasteiger charge is -2.36. The number of pyridine rings is 1. The number of anilines is 2. The standard InChI is InChI=1S/C14H17N5/c1-12-14(17-7-6-16-12)19-10-8-18(9-11-19)13-2-4-15-5-3-13/h2-7H,8-11H2,1H3. The van der Waals surface area contributed by atoms with Crippen LogP contribution in [0.2, 0.25) is 0 Å². The van der Waals surface area contributed by atoms with E-state index in [4.69, 9.17) is 0 Å². The third-order valence-corrected chi connectivity index (χ3v) is 3.46. The summed E-state index contributed by atoms with van der Waals surface area (Å²) < 4.78 is 0. The minimum atomic E-state index is 0.974. The Morgan fingerprint density at radius 1 is 0.842 bits per heavy atom. The van der Waals surface area contributed by atoms with Gasteiger partial charge in [0.15, 0.2) is 0 Å². The fourth-order valence-electron chi connectivity index (χ4n) is 2.44. The quantitative estimate of drug-likeness (QED) is 0.814. The first-order chi connectivity index (χ1) is 9.34. The second-order valence-corrected chi connectivity index (χ2v) is 4.64. The van der Waals surface area contributed by atoms with E-state index in [1.54, 1.807) is 12.4 Å². The number of hydrogen-bond donors (Lipinski definition) is 0. The summed E-state index contributed by atoms with van der Waals surface area (Å²) in [6.45, 7) is 5.96. The maximum atomic E-state index is 4.43. The lowest BCUT2D eigenvalue weighted by molar-refractivity contribution is 0.644. The molecule has 1 saturated heterocycles. The van der Waals surface area contributed by atoms with Crippen LogP contribution in [-0.4, -0.2) is 41.1 Å². The van der Waals surface area contributed by atoms with E-state index in [2.05, 4.69) is 36.9 Å². The van der Waals surface area contributed by atoms with Gasteiger partial charge in [0.1, 0.15) is 5.82 Å². The van der Waals surface area contributed by atoms with Gasteiger partial charge in [-0.2, -0.15) is 0 Å². The van der Waals surface area contributed by atoms with Crippen LogP contribution >= 0.6 is 0 Å². The highest BCUT2D eigenvalue weighted by Crippen LogP contribution is 2.19. The van der Waals surface area contributed by atoms with Crippen LogP contribution < -0.4 is 9.80 Å². The molecule has 0 saturated carbocycles. The normalized spacial score (nSPS) is 15.6. The molecule has 19 heavy (non-hydrogen) atoms. The summed E-state index contributed by atoms with van der Waals surface area (Å²) in [7, 11) is 0. The van der Waals surface area contributed by atoms with Gasteiger partial charge in [0.25, 0.3) is 0 Å². The highest BCUT2D eigenvalue weighted by Gasteiger charge is 2.19. The lowest BCUT2D eigenvalue weighted by atomic mass is 10.2. The molecule has 0 amide bonds. The van der Waals surface area contributed by atoms with Crippen LogP contribution in [0.1, 0.15) is 5.69 Å². The van der Waals surface area contributed by atoms with E-state index in [0.717, 1.165) is 37.7 Å². The van der Waals surface area contributed by atoms with Crippen LogP contribution in [0.3, 0.4) is 0 Å². The second-order valence-electron chi connectivity index (χ2n) is 4.64. The van der Waals surface area contributed by atoms with Gasteiger partial charge in [-0.05, 0) is 19.1 Å². The van der Waals surface area contributed by atoms with Gasteiger partial charge in [-0.25, -0.2) is 4.98 Å². The first-order valence-corrected chi connectivity index (χ1v) is 6.52. The smallest absolute Gasteiger partial charge is 0.150 e. The van der Waals surface area contributed by atoms with Crippen molar-refractivity contribution in [3.8, 4) is 0 Å². The summed E-state index contributed by atoms with van der Waals surface area (Å²) in [5.74, 6) is 1.01. The first-order valence-electron chi connectivity index (χ1n) is 6.52. The Bertz CT molecular complexity index is 535. The Hall–Kier alpha value is -2.17. The van der Waals surface area contributed by atoms with E-state index in [9.17, 15) is 0 Å². The molecule has 0 bridgehead atoms. The van der Waals surface area contributed by atoms with E-state index in [-0.39, 0.29) is 0 Å². The zero-order valence-electron chi connectivity index (χ0n) is 11.0. The Morgan fingerprint density at radius 2 is 1.47 bits per heavy atom. The fourth-order valence-corrected chi connectivity index (χ4v) is 2.44. The summed E-state index contributed by atoms with van der Waals surface area (Å²) in [5, 5.41) is 0. The van der Waals surface area contributed by atoms with Crippen molar-refractivity contribution in [2.24, 2.45) is 0 Å². The van der Waals surface area contributed by atoms with E-state index in [1.165, 1.54) is 5.69 Å². The van der Waals surface area contributed by atoms with Crippen LogP contribution in [-0.2, 0) is 0 Å². The van der Waals surface area contributed by atoms with Crippen molar-refractivity contribution in [2.75, 3.05) is 36.0 Å². The SMILES string of the molecule is Cc1nccnc1N1CCN(c2ccncc2)CC1. The third kappa shape index (κ3) is 2.50. The molecular formula is C14H17N5. The molecule has 2 aromatic heterocycles. The number of piperazine rings is 1. The lowest BCUT2D eigenvalue weighted by Crippen LogP contribution is -2.47. The Labute approximate surface area is 112 Å². The van der Waals surface area contributed by atoms with Crippen LogP contribution in [0, 0.1) is 6.92 Å². The molecule has 5 nitrogen and oxygen atoms in total. The zero-order valence-corrected chi connectivity index (χ0v) is 11.0. The molecule has 3 rings (SSSR count). The molecule has 0 unspecified atom stereocenters. The molecule has 5 heteroatoms. The highest BCUT2D eigenvalue weighted by molar-refractivity contribution is 5.49. The van der Waals surface area contributed by atoms with Gasteiger partial charge in [0.05, 0.1) is 5.69 Å². The zero-order chi connectivity index (χ0) is 13.1. The molecule has 98 valence electrons. The number of nitrogens with zero attached hydrogens (tertiary/aromatic N) is 5. The van der Waals surface area contributed by atoms with Gasteiger partial charge in [0.2, 0.25) is 0 Å². The number of aryl methyl sites for hydroxylation is 1. The molecule has 1 fully saturated rings. The molecular weight excluding hydrogens is 238 g/mol. The van der Waals surface area contributed by atoms with Crippen molar-refractivity contribution >= 4 is 11.5 Å². The van der Waals surface area contributed by atoms with Crippen LogP contribution in [0.4, 0.5) is 11.5 Å². The predicted octanol–water partition coefficient (Wildman–Crippen LogP) is 1.51. The topological polar surface area (TPSA) is 45.2 Å². The average Bonchev–Trinajstić information content (AvgIpc) is 2.49. The van der Waals surface area contributed by atoms with E-state index >= 15 is 0 Å². The summed E-state index contributed by atoms with van der Waals surface area (Å²) in [6, 6.07) is 4.12. The maximum absolute atomic E-state index is 4.43. The number of aromatic nitrogens is 3. The molecule has 0 N–H and O–H groups in total. The monoisotopic (exact) mass is 255 g/mol. The molecule has 0 spiro atoms. The molecule has 0 radical (unpaired) electrons. The maximum Gasteiger partial charge on any atom is 0.150 e. The van der Waals surface area contributed by atoms with Gasteiger partial charge >= 0.3 is 0 Å². The predicted molar refractivity (Wildman–Crippen MR) is 75.4 cm³/mol. The first kappa shape index (κ1) is 11.9. The summed E-state index contributed by atoms with van der Waals surface area (Å²) in [5.41, 5.74) is 2.24. The molecule has 1 aliphatic heterocycles. The van der Waals surface area contributed by atoms with Crippen LogP contribution in [0.15, 0.2) is 36.9 Å². The minimum Gasteiger partial charge on any atom is -0.368 e. The summed E-state index contributed by atoms with van der Waals surface area (Å²) in [4.78, 5) is 17.5. The Balaban J connectivity index is 1.69. The van der Waals surface area contributed by atoms with Crippen molar-refractivity contribution in [1.29, 1.82) is 0 Å². The van der Waals surface area contributed by atoms with Crippen molar-refractivity contribution in [3.05, 3.63) is 42.6 Å². The van der Waals surface area contributed by atoms with Gasteiger partial charge in [0, 0.05) is 56.7 Å². The molecule has 0 atom stereocenters. The Morgan fingerprint density at radius 3 is 2.16 bits per heavy atom. The average molecular weight is 255 g/mol. The molecule has 0 aromatic carbocycles. The van der Waals surface area contributed by atoms with Crippen molar-refractivity contribution < 1.29 is 0 Å². The molecule has 0 aliphatic carbocycles. The second kappa shape index (κ2) is 5.22. The van der Waals surface area contributed by atoms with Gasteiger partial charge < -0.3 is 9.80 Å². The summed E-state index contributed by atoms with van der Waals surface area (Å²) >= 11 is 0. The number of rotatable bonds is 2. The van der Waals surface area contributed by atoms with Gasteiger partial charge in [-0.3, -0.25) is 9.97 Å². The number of hydrogen-bond acceptors (Lipinski definition) is 5. The molecule has 1 aliphatic rings. The summed E-state index contributed by atoms with van der Waals surface area (Å²) in [6.07, 6.45) is 7.19. The van der Waals surface area contributed by atoms with Gasteiger partial charge in [-0.1, -0.05) is 0 Å². The van der Waals surface area contributed by atoms with E-state index < -0.39 is 0 Å². The fraction of sp³-hybridized carbons (Fsp3) is 0.357. The van der Waals surface area contributed by atoms with Gasteiger partial charge in [-0.15, -0.1) is 0 Å². The Kier molecular flexibility index (Phi) is 3.27. The highest BCUT2D eigenvalue weighted by atomic mass is 15.3. The largest absolute Gasteiger partial charge is 0.368 e. The van der Waals surface area contributed by atoms with Crippen LogP contribution in [0.25, 0.3) is 0 Å². The van der Waals surface area contributed by atoms with E-state index in [1.807, 2.05) is 19.3 Å². The minimum absolute atomic E-state index is 0.974. The van der Waals surface area contributed by atoms with Crippen LogP contribution in [0.5, 0.6) is 0 Å². The van der Waals surface area contributed by atoms with Crippen molar-refractivity contribution in [3.63, 3.8) is 0 Å². The third-order valence-electron chi connectivity index (χ3n) is 3.46. The molecule has 3 heterocycles. The van der Waals surface area contributed by atoms with Crippen molar-refractivity contribution in [1.82, 2.24) is 15.0 Å².